The molecule has 0 radical (unpaired) electrons. The Kier molecular flexibility index (Phi) is 4.19. The smallest absolute Gasteiger partial charge is 0.221 e. The molecule has 5 heteroatoms. The Labute approximate surface area is 156 Å². The van der Waals surface area contributed by atoms with Crippen molar-refractivity contribution >= 4 is 34.2 Å². The first kappa shape index (κ1) is 16.4. The number of anilines is 1. The predicted molar refractivity (Wildman–Crippen MR) is 106 cm³/mol. The molecule has 4 rings (SSSR count). The number of halogens is 1. The van der Waals surface area contributed by atoms with Gasteiger partial charge < -0.3 is 5.32 Å². The highest BCUT2D eigenvalue weighted by Gasteiger charge is 2.14. The van der Waals surface area contributed by atoms with Crippen LogP contribution in [0.2, 0.25) is 5.02 Å². The van der Waals surface area contributed by atoms with Crippen LogP contribution in [0, 0.1) is 0 Å². The molecule has 0 aliphatic carbocycles. The number of hydrogen-bond donors (Lipinski definition) is 1. The van der Waals surface area contributed by atoms with E-state index in [2.05, 4.69) is 9.88 Å². The van der Waals surface area contributed by atoms with E-state index in [-0.39, 0.29) is 5.91 Å². The molecule has 0 bridgehead atoms. The van der Waals surface area contributed by atoms with Gasteiger partial charge in [0, 0.05) is 28.9 Å². The Morgan fingerprint density at radius 2 is 1.65 bits per heavy atom. The fourth-order valence-electron chi connectivity index (χ4n) is 2.98. The standard InChI is InChI=1S/C21H16ClN3O/c1-14(26)23-17-10-12-18(13-11-17)25-20-5-3-2-4-19(20)24-21(25)15-6-8-16(22)9-7-15/h2-13H,1H3,(H,23,26). The molecule has 0 fully saturated rings. The summed E-state index contributed by atoms with van der Waals surface area (Å²) >= 11 is 6.03. The second-order valence-corrected chi connectivity index (χ2v) is 6.43. The van der Waals surface area contributed by atoms with Crippen molar-refractivity contribution < 1.29 is 4.79 Å². The van der Waals surface area contributed by atoms with Crippen molar-refractivity contribution in [2.75, 3.05) is 5.32 Å². The van der Waals surface area contributed by atoms with E-state index >= 15 is 0 Å². The van der Waals surface area contributed by atoms with Gasteiger partial charge in [-0.25, -0.2) is 4.98 Å². The van der Waals surface area contributed by atoms with Crippen molar-refractivity contribution in [2.24, 2.45) is 0 Å². The molecule has 1 aromatic heterocycles. The normalized spacial score (nSPS) is 10.8. The van der Waals surface area contributed by atoms with Gasteiger partial charge in [-0.1, -0.05) is 23.7 Å². The molecule has 0 saturated carbocycles. The number of nitrogens with zero attached hydrogens (tertiary/aromatic N) is 2. The molecule has 0 atom stereocenters. The molecule has 0 aliphatic rings. The maximum absolute atomic E-state index is 11.2. The van der Waals surface area contributed by atoms with E-state index in [4.69, 9.17) is 16.6 Å². The lowest BCUT2D eigenvalue weighted by molar-refractivity contribution is -0.114. The summed E-state index contributed by atoms with van der Waals surface area (Å²) in [4.78, 5) is 16.0. The molecule has 1 heterocycles. The van der Waals surface area contributed by atoms with Crippen molar-refractivity contribution in [3.8, 4) is 17.1 Å². The monoisotopic (exact) mass is 361 g/mol. The molecule has 4 nitrogen and oxygen atoms in total. The molecule has 0 unspecified atom stereocenters. The van der Waals surface area contributed by atoms with E-state index < -0.39 is 0 Å². The minimum absolute atomic E-state index is 0.0901. The van der Waals surface area contributed by atoms with Crippen LogP contribution in [0.5, 0.6) is 0 Å². The van der Waals surface area contributed by atoms with E-state index in [9.17, 15) is 4.79 Å². The van der Waals surface area contributed by atoms with E-state index in [1.54, 1.807) is 0 Å². The van der Waals surface area contributed by atoms with Crippen molar-refractivity contribution in [2.45, 2.75) is 6.92 Å². The maximum Gasteiger partial charge on any atom is 0.221 e. The number of para-hydroxylation sites is 2. The average Bonchev–Trinajstić information content (AvgIpc) is 3.02. The molecule has 0 aliphatic heterocycles. The zero-order chi connectivity index (χ0) is 18.1. The summed E-state index contributed by atoms with van der Waals surface area (Å²) in [5.74, 6) is 0.753. The Morgan fingerprint density at radius 1 is 0.962 bits per heavy atom. The van der Waals surface area contributed by atoms with Crippen molar-refractivity contribution in [3.05, 3.63) is 77.8 Å². The van der Waals surface area contributed by atoms with Crippen LogP contribution in [0.4, 0.5) is 5.69 Å². The van der Waals surface area contributed by atoms with Gasteiger partial charge in [0.25, 0.3) is 0 Å². The molecule has 3 aromatic carbocycles. The van der Waals surface area contributed by atoms with Gasteiger partial charge in [0.1, 0.15) is 5.82 Å². The highest BCUT2D eigenvalue weighted by atomic mass is 35.5. The quantitative estimate of drug-likeness (QED) is 0.538. The molecule has 26 heavy (non-hydrogen) atoms. The van der Waals surface area contributed by atoms with Gasteiger partial charge in [-0.2, -0.15) is 0 Å². The average molecular weight is 362 g/mol. The minimum atomic E-state index is -0.0901. The number of benzene rings is 3. The zero-order valence-electron chi connectivity index (χ0n) is 14.1. The van der Waals surface area contributed by atoms with E-state index in [0.717, 1.165) is 33.8 Å². The molecule has 4 aromatic rings. The molecule has 0 spiro atoms. The van der Waals surface area contributed by atoms with Crippen LogP contribution in [-0.4, -0.2) is 15.5 Å². The summed E-state index contributed by atoms with van der Waals surface area (Å²) in [6.07, 6.45) is 0. The van der Waals surface area contributed by atoms with Crippen LogP contribution < -0.4 is 5.32 Å². The summed E-state index contributed by atoms with van der Waals surface area (Å²) in [5, 5.41) is 3.48. The number of aromatic nitrogens is 2. The highest BCUT2D eigenvalue weighted by molar-refractivity contribution is 6.30. The fraction of sp³-hybridized carbons (Fsp3) is 0.0476. The summed E-state index contributed by atoms with van der Waals surface area (Å²) in [6.45, 7) is 1.50. The molecule has 1 amide bonds. The van der Waals surface area contributed by atoms with E-state index in [0.29, 0.717) is 5.02 Å². The summed E-state index contributed by atoms with van der Waals surface area (Å²) in [6, 6.07) is 23.4. The second kappa shape index (κ2) is 6.65. The van der Waals surface area contributed by atoms with Gasteiger partial charge in [0.15, 0.2) is 0 Å². The molecule has 1 N–H and O–H groups in total. The number of imidazole rings is 1. The Bertz CT molecular complexity index is 1080. The molecule has 128 valence electrons. The predicted octanol–water partition coefficient (Wildman–Crippen LogP) is 5.30. The SMILES string of the molecule is CC(=O)Nc1ccc(-n2c(-c3ccc(Cl)cc3)nc3ccccc32)cc1. The summed E-state index contributed by atoms with van der Waals surface area (Å²) < 4.78 is 2.11. The lowest BCUT2D eigenvalue weighted by Crippen LogP contribution is -2.05. The third-order valence-electron chi connectivity index (χ3n) is 4.11. The lowest BCUT2D eigenvalue weighted by atomic mass is 10.2. The van der Waals surface area contributed by atoms with Crippen molar-refractivity contribution in [1.82, 2.24) is 9.55 Å². The maximum atomic E-state index is 11.2. The number of nitrogens with one attached hydrogen (secondary N) is 1. The topological polar surface area (TPSA) is 46.9 Å². The third kappa shape index (κ3) is 3.07. The van der Waals surface area contributed by atoms with E-state index in [1.807, 2.05) is 72.8 Å². The van der Waals surface area contributed by atoms with Crippen LogP contribution in [0.1, 0.15) is 6.92 Å². The van der Waals surface area contributed by atoms with Crippen LogP contribution in [0.15, 0.2) is 72.8 Å². The second-order valence-electron chi connectivity index (χ2n) is 5.99. The number of fused-ring (bicyclic) bond motifs is 1. The van der Waals surface area contributed by atoms with Crippen molar-refractivity contribution in [3.63, 3.8) is 0 Å². The number of hydrogen-bond acceptors (Lipinski definition) is 2. The molecule has 0 saturated heterocycles. The van der Waals surface area contributed by atoms with Crippen LogP contribution in [0.25, 0.3) is 28.1 Å². The van der Waals surface area contributed by atoms with Crippen LogP contribution in [-0.2, 0) is 4.79 Å². The van der Waals surface area contributed by atoms with Gasteiger partial charge in [-0.15, -0.1) is 0 Å². The van der Waals surface area contributed by atoms with E-state index in [1.165, 1.54) is 6.92 Å². The Balaban J connectivity index is 1.89. The van der Waals surface area contributed by atoms with Gasteiger partial charge in [-0.3, -0.25) is 9.36 Å². The summed E-state index contributed by atoms with van der Waals surface area (Å²) in [7, 11) is 0. The fourth-order valence-corrected chi connectivity index (χ4v) is 3.10. The largest absolute Gasteiger partial charge is 0.326 e. The van der Waals surface area contributed by atoms with Gasteiger partial charge in [0.2, 0.25) is 5.91 Å². The highest BCUT2D eigenvalue weighted by Crippen LogP contribution is 2.29. The minimum Gasteiger partial charge on any atom is -0.326 e. The first-order valence-electron chi connectivity index (χ1n) is 8.23. The lowest BCUT2D eigenvalue weighted by Gasteiger charge is -2.11. The molecular formula is C21H16ClN3O. The number of carbonyl (C=O) groups is 1. The first-order valence-corrected chi connectivity index (χ1v) is 8.61. The third-order valence-corrected chi connectivity index (χ3v) is 4.36. The Hall–Kier alpha value is -3.11. The Morgan fingerprint density at radius 3 is 2.35 bits per heavy atom. The van der Waals surface area contributed by atoms with Crippen LogP contribution in [0.3, 0.4) is 0 Å². The summed E-state index contributed by atoms with van der Waals surface area (Å²) in [5.41, 5.74) is 4.65. The van der Waals surface area contributed by atoms with Gasteiger partial charge in [-0.05, 0) is 60.7 Å². The first-order chi connectivity index (χ1) is 12.6. The number of amides is 1. The van der Waals surface area contributed by atoms with Gasteiger partial charge >= 0.3 is 0 Å². The zero-order valence-corrected chi connectivity index (χ0v) is 14.9. The van der Waals surface area contributed by atoms with Gasteiger partial charge in [0.05, 0.1) is 11.0 Å². The number of carbonyl (C=O) groups excluding carboxylic acids is 1. The van der Waals surface area contributed by atoms with Crippen LogP contribution >= 0.6 is 11.6 Å². The molecular weight excluding hydrogens is 346 g/mol. The van der Waals surface area contributed by atoms with Crippen molar-refractivity contribution in [1.29, 1.82) is 0 Å². The number of rotatable bonds is 3.